The van der Waals surface area contributed by atoms with E-state index in [4.69, 9.17) is 4.74 Å². The van der Waals surface area contributed by atoms with E-state index in [1.165, 1.54) is 23.0 Å². The molecule has 0 bridgehead atoms. The van der Waals surface area contributed by atoms with Crippen molar-refractivity contribution in [3.63, 3.8) is 0 Å². The van der Waals surface area contributed by atoms with Crippen LogP contribution < -0.4 is 10.6 Å². The van der Waals surface area contributed by atoms with E-state index in [1.54, 1.807) is 20.8 Å². The van der Waals surface area contributed by atoms with E-state index < -0.39 is 53.6 Å². The largest absolute Gasteiger partial charge is 0.444 e. The summed E-state index contributed by atoms with van der Waals surface area (Å²) in [5, 5.41) is 8.71. The molecule has 0 aliphatic carbocycles. The molecule has 0 aromatic carbocycles. The Morgan fingerprint density at radius 3 is 2.36 bits per heavy atom. The normalized spacial score (nSPS) is 19.8. The number of urea groups is 1. The second-order valence-electron chi connectivity index (χ2n) is 11.6. The summed E-state index contributed by atoms with van der Waals surface area (Å²) in [7, 11) is 0. The monoisotopic (exact) mass is 566 g/mol. The van der Waals surface area contributed by atoms with Crippen molar-refractivity contribution in [3.8, 4) is 0 Å². The van der Waals surface area contributed by atoms with Crippen molar-refractivity contribution in [3.05, 3.63) is 29.7 Å². The lowest BCUT2D eigenvalue weighted by Gasteiger charge is -2.29. The molecule has 3 rings (SSSR count). The van der Waals surface area contributed by atoms with Gasteiger partial charge in [-0.05, 0) is 52.2 Å². The molecule has 2 N–H and O–H groups in total. The number of rotatable bonds is 7. The number of nitrogens with one attached hydrogen (secondary N) is 2. The van der Waals surface area contributed by atoms with Crippen molar-refractivity contribution >= 4 is 17.8 Å². The van der Waals surface area contributed by atoms with Crippen LogP contribution in [0, 0.1) is 5.41 Å². The van der Waals surface area contributed by atoms with Gasteiger partial charge in [-0.1, -0.05) is 13.8 Å². The van der Waals surface area contributed by atoms with Crippen molar-refractivity contribution in [2.45, 2.75) is 90.5 Å². The summed E-state index contributed by atoms with van der Waals surface area (Å²) < 4.78 is 86.9. The summed E-state index contributed by atoms with van der Waals surface area (Å²) in [5.41, 5.74) is -4.45. The summed E-state index contributed by atoms with van der Waals surface area (Å²) in [6.45, 7) is 7.17. The lowest BCUT2D eigenvalue weighted by Crippen LogP contribution is -2.53. The van der Waals surface area contributed by atoms with E-state index in [0.29, 0.717) is 5.56 Å². The minimum Gasteiger partial charge on any atom is -0.444 e. The van der Waals surface area contributed by atoms with Crippen LogP contribution in [0.3, 0.4) is 0 Å². The van der Waals surface area contributed by atoms with Crippen LogP contribution in [0.5, 0.6) is 0 Å². The fraction of sp³-hybridized carbons (Fsp3) is 0.667. The molecule has 2 aromatic heterocycles. The van der Waals surface area contributed by atoms with Crippen LogP contribution in [-0.4, -0.2) is 61.7 Å². The second kappa shape index (κ2) is 10.0. The summed E-state index contributed by atoms with van der Waals surface area (Å²) in [6.07, 6.45) is -7.62. The van der Waals surface area contributed by atoms with Gasteiger partial charge < -0.3 is 20.3 Å². The maximum Gasteiger partial charge on any atom is 0.413 e. The molecule has 39 heavy (non-hydrogen) atoms. The third-order valence-electron chi connectivity index (χ3n) is 6.44. The molecule has 2 atom stereocenters. The van der Waals surface area contributed by atoms with E-state index in [9.17, 15) is 35.9 Å². The summed E-state index contributed by atoms with van der Waals surface area (Å²) in [6, 6.07) is -0.340. The number of carbonyl (C=O) groups is 2. The van der Waals surface area contributed by atoms with E-state index in [0.717, 1.165) is 25.7 Å². The molecule has 0 radical (unpaired) electrons. The number of fused-ring (bicyclic) bond motifs is 1. The number of imidazole rings is 1. The predicted molar refractivity (Wildman–Crippen MR) is 128 cm³/mol. The molecule has 3 heterocycles. The van der Waals surface area contributed by atoms with Crippen LogP contribution in [0.4, 0.5) is 35.9 Å². The maximum absolute atomic E-state index is 13.5. The first-order chi connectivity index (χ1) is 17.6. The van der Waals surface area contributed by atoms with Gasteiger partial charge >= 0.3 is 24.5 Å². The maximum atomic E-state index is 13.5. The van der Waals surface area contributed by atoms with Gasteiger partial charge in [0.15, 0.2) is 11.2 Å². The van der Waals surface area contributed by atoms with Crippen molar-refractivity contribution in [1.82, 2.24) is 30.1 Å². The lowest BCUT2D eigenvalue weighted by molar-refractivity contribution is -0.214. The molecular weight excluding hydrogens is 534 g/mol. The number of hydrogen-bond acceptors (Lipinski definition) is 5. The van der Waals surface area contributed by atoms with Gasteiger partial charge in [0.25, 0.3) is 0 Å². The zero-order valence-corrected chi connectivity index (χ0v) is 22.4. The Labute approximate surface area is 221 Å². The number of amides is 3. The number of aromatic nitrogens is 3. The first-order valence-electron chi connectivity index (χ1n) is 12.1. The number of alkyl carbamates (subject to hydrolysis) is 1. The number of ether oxygens (including phenoxy) is 1. The highest BCUT2D eigenvalue weighted by Crippen LogP contribution is 2.42. The zero-order valence-electron chi connectivity index (χ0n) is 22.4. The average molecular weight is 567 g/mol. The minimum absolute atomic E-state index is 0.119. The van der Waals surface area contributed by atoms with Crippen LogP contribution in [0.1, 0.15) is 71.7 Å². The molecule has 15 heteroatoms. The quantitative estimate of drug-likeness (QED) is 0.431. The molecule has 0 unspecified atom stereocenters. The Bertz CT molecular complexity index is 1220. The fourth-order valence-electron chi connectivity index (χ4n) is 3.90. The number of alkyl halides is 6. The van der Waals surface area contributed by atoms with Gasteiger partial charge in [0.1, 0.15) is 5.60 Å². The van der Waals surface area contributed by atoms with Gasteiger partial charge in [-0.3, -0.25) is 0 Å². The number of carbonyl (C=O) groups excluding carboxylic acids is 2. The van der Waals surface area contributed by atoms with Crippen molar-refractivity contribution in [1.29, 1.82) is 0 Å². The predicted octanol–water partition coefficient (Wildman–Crippen LogP) is 5.51. The first kappa shape index (κ1) is 30.3. The Hall–Kier alpha value is -3.26. The number of hydrogen-bond donors (Lipinski definition) is 2. The molecule has 1 fully saturated rings. The Morgan fingerprint density at radius 2 is 1.82 bits per heavy atom. The third-order valence-corrected chi connectivity index (χ3v) is 6.44. The smallest absolute Gasteiger partial charge is 0.413 e. The molecular formula is C24H32F6N6O3. The van der Waals surface area contributed by atoms with Crippen molar-refractivity contribution < 1.29 is 40.7 Å². The second-order valence-corrected chi connectivity index (χ2v) is 11.6. The standard InChI is InChI=1S/C24H32F6N6O3/c1-20(2,3)39-19(38)33-15(7-8-21(4,5)23(25,26)27)16-12-36-17(32-16)9-14(10-31-36)11-35-13-22(6,24(28,29)30)34-18(35)37/h9-10,12,15H,7-8,11,13H2,1-6H3,(H,33,38)(H,34,37)/t15-,22-/m0/s1. The van der Waals surface area contributed by atoms with E-state index >= 15 is 0 Å². The van der Waals surface area contributed by atoms with Crippen LogP contribution in [-0.2, 0) is 11.3 Å². The topological polar surface area (TPSA) is 101 Å². The van der Waals surface area contributed by atoms with E-state index in [1.807, 2.05) is 5.32 Å². The van der Waals surface area contributed by atoms with Gasteiger partial charge in [0.05, 0.1) is 36.1 Å². The van der Waals surface area contributed by atoms with E-state index in [2.05, 4.69) is 15.4 Å². The first-order valence-corrected chi connectivity index (χ1v) is 12.1. The summed E-state index contributed by atoms with van der Waals surface area (Å²) >= 11 is 0. The number of nitrogens with zero attached hydrogens (tertiary/aromatic N) is 4. The Morgan fingerprint density at radius 1 is 1.18 bits per heavy atom. The zero-order chi connectivity index (χ0) is 29.6. The molecule has 3 amide bonds. The molecule has 218 valence electrons. The molecule has 2 aromatic rings. The third kappa shape index (κ3) is 7.04. The highest BCUT2D eigenvalue weighted by molar-refractivity contribution is 5.78. The molecule has 1 aliphatic rings. The molecule has 0 saturated carbocycles. The van der Waals surface area contributed by atoms with Gasteiger partial charge in [-0.25, -0.2) is 19.1 Å². The van der Waals surface area contributed by atoms with Gasteiger partial charge in [0, 0.05) is 6.54 Å². The highest BCUT2D eigenvalue weighted by Gasteiger charge is 2.57. The molecule has 1 aliphatic heterocycles. The lowest BCUT2D eigenvalue weighted by atomic mass is 9.85. The Balaban J connectivity index is 1.84. The van der Waals surface area contributed by atoms with E-state index in [-0.39, 0.29) is 30.7 Å². The van der Waals surface area contributed by atoms with Crippen LogP contribution in [0.15, 0.2) is 18.5 Å². The highest BCUT2D eigenvalue weighted by atomic mass is 19.4. The number of halogens is 6. The molecule has 9 nitrogen and oxygen atoms in total. The summed E-state index contributed by atoms with van der Waals surface area (Å²) in [5.74, 6) is 0. The van der Waals surface area contributed by atoms with Crippen LogP contribution in [0.25, 0.3) is 5.65 Å². The molecule has 1 saturated heterocycles. The Kier molecular flexibility index (Phi) is 7.80. The fourth-order valence-corrected chi connectivity index (χ4v) is 3.90. The van der Waals surface area contributed by atoms with Crippen LogP contribution in [0.2, 0.25) is 0 Å². The SMILES string of the molecule is CC(C)(C)OC(=O)N[C@@H](CCC(C)(C)C(F)(F)F)c1cn2ncc(CN3C[C@@](C)(C(F)(F)F)NC3=O)cc2n1. The van der Waals surface area contributed by atoms with Gasteiger partial charge in [-0.2, -0.15) is 31.4 Å². The minimum atomic E-state index is -4.64. The van der Waals surface area contributed by atoms with Gasteiger partial charge in [-0.15, -0.1) is 0 Å². The van der Waals surface area contributed by atoms with Gasteiger partial charge in [0.2, 0.25) is 0 Å². The van der Waals surface area contributed by atoms with Crippen molar-refractivity contribution in [2.24, 2.45) is 5.41 Å². The summed E-state index contributed by atoms with van der Waals surface area (Å²) in [4.78, 5) is 30.0. The van der Waals surface area contributed by atoms with Crippen molar-refractivity contribution in [2.75, 3.05) is 6.54 Å². The average Bonchev–Trinajstić information content (AvgIpc) is 3.29. The molecule has 0 spiro atoms. The van der Waals surface area contributed by atoms with Crippen LogP contribution >= 0.6 is 0 Å².